The van der Waals surface area contributed by atoms with Crippen molar-refractivity contribution >= 4 is 38.3 Å². The minimum Gasteiger partial charge on any atom is -0.381 e. The Morgan fingerprint density at radius 3 is 2.63 bits per heavy atom. The molecule has 0 radical (unpaired) electrons. The molecule has 3 heterocycles. The number of nitrogens with zero attached hydrogens (tertiary/aromatic N) is 3. The third-order valence-electron chi connectivity index (χ3n) is 5.81. The summed E-state index contributed by atoms with van der Waals surface area (Å²) in [6.45, 7) is 1.30. The summed E-state index contributed by atoms with van der Waals surface area (Å²) in [5, 5.41) is 1.86. The summed E-state index contributed by atoms with van der Waals surface area (Å²) in [7, 11) is -3.45. The number of aromatic nitrogens is 1. The fourth-order valence-electron chi connectivity index (χ4n) is 3.96. The molecular formula is C18H25FN4O5S2. The van der Waals surface area contributed by atoms with Gasteiger partial charge in [-0.15, -0.1) is 0 Å². The number of sulfonamides is 1. The van der Waals surface area contributed by atoms with E-state index in [9.17, 15) is 22.4 Å². The summed E-state index contributed by atoms with van der Waals surface area (Å²) in [5.41, 5.74) is 0. The Hall–Kier alpha value is -1.63. The van der Waals surface area contributed by atoms with Gasteiger partial charge in [-0.3, -0.25) is 9.59 Å². The molecule has 9 nitrogen and oxygen atoms in total. The van der Waals surface area contributed by atoms with Crippen LogP contribution in [-0.2, 0) is 24.3 Å². The fourth-order valence-corrected chi connectivity index (χ4v) is 6.29. The first kappa shape index (κ1) is 21.6. The number of anilines is 1. The number of rotatable bonds is 7. The number of hydrogen-bond donors (Lipinski definition) is 1. The lowest BCUT2D eigenvalue weighted by atomic mass is 9.91. The van der Waals surface area contributed by atoms with Crippen molar-refractivity contribution < 1.29 is 27.1 Å². The number of carbonyl (C=O) groups excluding carboxylic acids is 2. The molecule has 2 aliphatic heterocycles. The van der Waals surface area contributed by atoms with Gasteiger partial charge in [0.15, 0.2) is 10.3 Å². The van der Waals surface area contributed by atoms with Crippen LogP contribution in [-0.4, -0.2) is 78.6 Å². The van der Waals surface area contributed by atoms with Gasteiger partial charge in [-0.2, -0.15) is 8.70 Å². The molecule has 1 aromatic rings. The largest absolute Gasteiger partial charge is 0.381 e. The molecule has 0 aromatic carbocycles. The summed E-state index contributed by atoms with van der Waals surface area (Å²) in [5.74, 6) is -0.603. The second-order valence-electron chi connectivity index (χ2n) is 7.93. The van der Waals surface area contributed by atoms with Gasteiger partial charge < -0.3 is 15.0 Å². The first-order valence-electron chi connectivity index (χ1n) is 10.1. The zero-order valence-corrected chi connectivity index (χ0v) is 18.1. The van der Waals surface area contributed by atoms with Crippen LogP contribution in [0.5, 0.6) is 0 Å². The minimum atomic E-state index is -3.45. The maximum Gasteiger partial charge on any atom is 0.248 e. The Bertz CT molecular complexity index is 898. The molecule has 2 saturated heterocycles. The van der Waals surface area contributed by atoms with E-state index in [0.29, 0.717) is 32.5 Å². The molecule has 1 aromatic heterocycles. The number of nitrogens with one attached hydrogen (secondary N) is 1. The lowest BCUT2D eigenvalue weighted by molar-refractivity contribution is -0.142. The number of hydrogen-bond acceptors (Lipinski definition) is 7. The average Bonchev–Trinajstić information content (AvgIpc) is 3.51. The predicted molar refractivity (Wildman–Crippen MR) is 108 cm³/mol. The van der Waals surface area contributed by atoms with Gasteiger partial charge >= 0.3 is 0 Å². The van der Waals surface area contributed by atoms with Crippen LogP contribution in [0.25, 0.3) is 0 Å². The maximum atomic E-state index is 13.3. The molecule has 1 atom stereocenters. The van der Waals surface area contributed by atoms with E-state index in [1.165, 1.54) is 9.21 Å². The van der Waals surface area contributed by atoms with Crippen LogP contribution >= 0.6 is 11.3 Å². The number of thiazole rings is 1. The van der Waals surface area contributed by atoms with E-state index >= 15 is 0 Å². The molecule has 3 aliphatic rings. The smallest absolute Gasteiger partial charge is 0.248 e. The van der Waals surface area contributed by atoms with Gasteiger partial charge in [-0.1, -0.05) is 11.3 Å². The highest BCUT2D eigenvalue weighted by atomic mass is 32.2. The van der Waals surface area contributed by atoms with Crippen molar-refractivity contribution in [3.05, 3.63) is 11.3 Å². The topological polar surface area (TPSA) is 109 Å². The third-order valence-corrected chi connectivity index (χ3v) is 8.86. The summed E-state index contributed by atoms with van der Waals surface area (Å²) >= 11 is 0.720. The number of halogens is 1. The number of amides is 2. The van der Waals surface area contributed by atoms with E-state index in [-0.39, 0.29) is 41.8 Å². The second kappa shape index (κ2) is 8.85. The van der Waals surface area contributed by atoms with E-state index in [4.69, 9.17) is 4.74 Å². The molecule has 166 valence electrons. The van der Waals surface area contributed by atoms with Gasteiger partial charge in [0, 0.05) is 26.3 Å². The van der Waals surface area contributed by atoms with Crippen molar-refractivity contribution in [2.75, 3.05) is 38.2 Å². The van der Waals surface area contributed by atoms with E-state index in [1.807, 2.05) is 0 Å². The van der Waals surface area contributed by atoms with E-state index < -0.39 is 27.1 Å². The van der Waals surface area contributed by atoms with E-state index in [1.54, 1.807) is 0 Å². The maximum absolute atomic E-state index is 13.3. The Kier molecular flexibility index (Phi) is 6.37. The molecule has 1 saturated carbocycles. The molecule has 12 heteroatoms. The van der Waals surface area contributed by atoms with Crippen LogP contribution in [0.1, 0.15) is 32.1 Å². The fraction of sp³-hybridized carbons (Fsp3) is 0.722. The summed E-state index contributed by atoms with van der Waals surface area (Å²) in [4.78, 5) is 31.2. The molecule has 3 fully saturated rings. The molecule has 1 N–H and O–H groups in total. The van der Waals surface area contributed by atoms with Crippen molar-refractivity contribution in [3.8, 4) is 0 Å². The Morgan fingerprint density at radius 2 is 2.03 bits per heavy atom. The van der Waals surface area contributed by atoms with Crippen LogP contribution in [0.3, 0.4) is 0 Å². The van der Waals surface area contributed by atoms with Crippen LogP contribution in [0, 0.1) is 11.0 Å². The second-order valence-corrected chi connectivity index (χ2v) is 11.1. The van der Waals surface area contributed by atoms with Gasteiger partial charge in [-0.05, 0) is 38.0 Å². The van der Waals surface area contributed by atoms with Gasteiger partial charge in [0.1, 0.15) is 6.04 Å². The number of ether oxygens (including phenoxy) is 1. The van der Waals surface area contributed by atoms with Crippen LogP contribution in [0.15, 0.2) is 6.20 Å². The normalized spacial score (nSPS) is 22.8. The quantitative estimate of drug-likeness (QED) is 0.651. The molecule has 0 bridgehead atoms. The minimum absolute atomic E-state index is 0.136. The highest BCUT2D eigenvalue weighted by molar-refractivity contribution is 7.90. The number of carbonyl (C=O) groups is 2. The SMILES string of the molecule is O=C(Nc1ncc(F)s1)C(CC1CCOCC1)N1CCN(S(=O)(=O)C2CC2)CC1=O. The highest BCUT2D eigenvalue weighted by Crippen LogP contribution is 2.32. The molecule has 2 amide bonds. The monoisotopic (exact) mass is 460 g/mol. The van der Waals surface area contributed by atoms with Gasteiger partial charge in [-0.25, -0.2) is 13.4 Å². The van der Waals surface area contributed by atoms with Crippen LogP contribution in [0.4, 0.5) is 9.52 Å². The molecule has 1 aliphatic carbocycles. The summed E-state index contributed by atoms with van der Waals surface area (Å²) < 4.78 is 44.8. The zero-order valence-electron chi connectivity index (χ0n) is 16.5. The van der Waals surface area contributed by atoms with Gasteiger partial charge in [0.05, 0.1) is 18.0 Å². The zero-order chi connectivity index (χ0) is 21.3. The predicted octanol–water partition coefficient (Wildman–Crippen LogP) is 1.04. The Balaban J connectivity index is 1.48. The first-order valence-corrected chi connectivity index (χ1v) is 12.4. The third kappa shape index (κ3) is 4.82. The highest BCUT2D eigenvalue weighted by Gasteiger charge is 2.44. The lowest BCUT2D eigenvalue weighted by Crippen LogP contribution is -2.58. The lowest BCUT2D eigenvalue weighted by Gasteiger charge is -2.39. The van der Waals surface area contributed by atoms with Crippen molar-refractivity contribution in [2.45, 2.75) is 43.4 Å². The average molecular weight is 461 g/mol. The Morgan fingerprint density at radius 1 is 1.30 bits per heavy atom. The van der Waals surface area contributed by atoms with E-state index in [2.05, 4.69) is 10.3 Å². The summed E-state index contributed by atoms with van der Waals surface area (Å²) in [6, 6.07) is -0.765. The molecule has 30 heavy (non-hydrogen) atoms. The van der Waals surface area contributed by atoms with Crippen LogP contribution in [0.2, 0.25) is 0 Å². The molecule has 0 spiro atoms. The summed E-state index contributed by atoms with van der Waals surface area (Å²) in [6.07, 6.45) is 4.33. The van der Waals surface area contributed by atoms with Gasteiger partial charge in [0.25, 0.3) is 0 Å². The van der Waals surface area contributed by atoms with Crippen LogP contribution < -0.4 is 5.32 Å². The van der Waals surface area contributed by atoms with Crippen molar-refractivity contribution in [1.29, 1.82) is 0 Å². The molecular weight excluding hydrogens is 435 g/mol. The standard InChI is InChI=1S/C18H25FN4O5S2/c19-15-10-20-18(29-15)21-17(25)14(9-12-3-7-28-8-4-12)23-6-5-22(11-16(23)24)30(26,27)13-1-2-13/h10,12-14H,1-9,11H2,(H,20,21,25). The van der Waals surface area contributed by atoms with Crippen molar-refractivity contribution in [2.24, 2.45) is 5.92 Å². The van der Waals surface area contributed by atoms with Gasteiger partial charge in [0.2, 0.25) is 21.8 Å². The van der Waals surface area contributed by atoms with E-state index in [0.717, 1.165) is 30.4 Å². The molecule has 4 rings (SSSR count). The molecule has 1 unspecified atom stereocenters. The van der Waals surface area contributed by atoms with Crippen molar-refractivity contribution in [1.82, 2.24) is 14.2 Å². The first-order chi connectivity index (χ1) is 14.3. The van der Waals surface area contributed by atoms with Crippen molar-refractivity contribution in [3.63, 3.8) is 0 Å². The Labute approximate surface area is 178 Å². The number of piperazine rings is 1.